The molecule has 1 aliphatic carbocycles. The fourth-order valence-electron chi connectivity index (χ4n) is 3.92. The predicted octanol–water partition coefficient (Wildman–Crippen LogP) is 1.64. The first kappa shape index (κ1) is 16.6. The molecule has 1 atom stereocenters. The van der Waals surface area contributed by atoms with Gasteiger partial charge in [-0.05, 0) is 30.4 Å². The first-order valence-corrected chi connectivity index (χ1v) is 9.33. The number of aliphatic hydroxyl groups excluding tert-OH is 1. The Morgan fingerprint density at radius 3 is 2.64 bits per heavy atom. The smallest absolute Gasteiger partial charge is 0.227 e. The Morgan fingerprint density at radius 1 is 1.20 bits per heavy atom. The van der Waals surface area contributed by atoms with Crippen LogP contribution in [0.15, 0.2) is 30.5 Å². The van der Waals surface area contributed by atoms with Gasteiger partial charge in [0, 0.05) is 56.9 Å². The molecule has 134 valence electrons. The van der Waals surface area contributed by atoms with E-state index < -0.39 is 0 Å². The number of hydrogen-bond acceptors (Lipinski definition) is 3. The number of β-amino-alcohol motifs (C(OH)–C–C–N with tert-alkyl or cyclic N) is 1. The Balaban J connectivity index is 1.34. The van der Waals surface area contributed by atoms with Gasteiger partial charge in [0.1, 0.15) is 0 Å². The van der Waals surface area contributed by atoms with E-state index >= 15 is 0 Å². The van der Waals surface area contributed by atoms with Crippen LogP contribution >= 0.6 is 0 Å². The lowest BCUT2D eigenvalue weighted by Gasteiger charge is -2.35. The van der Waals surface area contributed by atoms with Crippen molar-refractivity contribution in [2.45, 2.75) is 25.4 Å². The van der Waals surface area contributed by atoms with Gasteiger partial charge in [-0.2, -0.15) is 0 Å². The standard InChI is InChI=1S/C20H27N3O2/c1-21-13-16(17-4-2-3-5-18(17)21)12-20(25)23-10-8-22(9-11-23)14-19(24)15-6-7-15/h2-5,13,15,19,24H,6-12,14H2,1H3/t19-/m1/s1. The molecule has 2 aliphatic rings. The number of rotatable bonds is 5. The highest BCUT2D eigenvalue weighted by atomic mass is 16.3. The van der Waals surface area contributed by atoms with Crippen molar-refractivity contribution in [1.82, 2.24) is 14.4 Å². The lowest BCUT2D eigenvalue weighted by molar-refractivity contribution is -0.132. The second kappa shape index (κ2) is 6.81. The van der Waals surface area contributed by atoms with Gasteiger partial charge in [-0.15, -0.1) is 0 Å². The number of para-hydroxylation sites is 1. The molecule has 1 aromatic heterocycles. The summed E-state index contributed by atoms with van der Waals surface area (Å²) in [6.45, 7) is 4.02. The topological polar surface area (TPSA) is 48.7 Å². The van der Waals surface area contributed by atoms with E-state index in [1.165, 1.54) is 23.7 Å². The zero-order valence-corrected chi connectivity index (χ0v) is 14.9. The number of aliphatic hydroxyl groups is 1. The van der Waals surface area contributed by atoms with Crippen LogP contribution in [0.4, 0.5) is 0 Å². The fourth-order valence-corrected chi connectivity index (χ4v) is 3.92. The van der Waals surface area contributed by atoms with E-state index in [1.54, 1.807) is 0 Å². The number of amides is 1. The minimum atomic E-state index is -0.182. The number of carbonyl (C=O) groups excluding carboxylic acids is 1. The second-order valence-electron chi connectivity index (χ2n) is 7.55. The number of fused-ring (bicyclic) bond motifs is 1. The first-order valence-electron chi connectivity index (χ1n) is 9.33. The maximum atomic E-state index is 12.7. The Morgan fingerprint density at radius 2 is 1.92 bits per heavy atom. The molecule has 2 heterocycles. The van der Waals surface area contributed by atoms with Crippen LogP contribution in [0, 0.1) is 5.92 Å². The van der Waals surface area contributed by atoms with Crippen molar-refractivity contribution in [3.63, 3.8) is 0 Å². The first-order chi connectivity index (χ1) is 12.1. The van der Waals surface area contributed by atoms with E-state index in [-0.39, 0.29) is 12.0 Å². The average Bonchev–Trinajstić information content (AvgIpc) is 3.42. The quantitative estimate of drug-likeness (QED) is 0.899. The molecule has 5 heteroatoms. The van der Waals surface area contributed by atoms with Crippen LogP contribution in [-0.4, -0.2) is 64.2 Å². The van der Waals surface area contributed by atoms with Crippen LogP contribution in [0.5, 0.6) is 0 Å². The average molecular weight is 341 g/mol. The van der Waals surface area contributed by atoms with Crippen LogP contribution < -0.4 is 0 Å². The monoisotopic (exact) mass is 341 g/mol. The summed E-state index contributed by atoms with van der Waals surface area (Å²) < 4.78 is 2.09. The van der Waals surface area contributed by atoms with Crippen LogP contribution in [0.3, 0.4) is 0 Å². The van der Waals surface area contributed by atoms with Gasteiger partial charge in [0.25, 0.3) is 0 Å². The number of aromatic nitrogens is 1. The van der Waals surface area contributed by atoms with Crippen LogP contribution in [0.2, 0.25) is 0 Å². The van der Waals surface area contributed by atoms with Crippen molar-refractivity contribution in [1.29, 1.82) is 0 Å². The maximum Gasteiger partial charge on any atom is 0.227 e. The van der Waals surface area contributed by atoms with Gasteiger partial charge in [0.05, 0.1) is 12.5 Å². The van der Waals surface area contributed by atoms with Gasteiger partial charge in [-0.1, -0.05) is 18.2 Å². The molecule has 0 unspecified atom stereocenters. The minimum Gasteiger partial charge on any atom is -0.392 e. The van der Waals surface area contributed by atoms with E-state index in [1.807, 2.05) is 24.1 Å². The molecule has 25 heavy (non-hydrogen) atoms. The van der Waals surface area contributed by atoms with Crippen molar-refractivity contribution >= 4 is 16.8 Å². The van der Waals surface area contributed by atoms with Crippen molar-refractivity contribution in [2.75, 3.05) is 32.7 Å². The molecule has 5 nitrogen and oxygen atoms in total. The van der Waals surface area contributed by atoms with Crippen molar-refractivity contribution in [2.24, 2.45) is 13.0 Å². The molecule has 1 amide bonds. The molecule has 0 radical (unpaired) electrons. The molecule has 1 N–H and O–H groups in total. The van der Waals surface area contributed by atoms with Crippen molar-refractivity contribution in [3.05, 3.63) is 36.0 Å². The van der Waals surface area contributed by atoms with Crippen LogP contribution in [0.1, 0.15) is 18.4 Å². The summed E-state index contributed by atoms with van der Waals surface area (Å²) in [5, 5.41) is 11.3. The molecule has 1 aromatic carbocycles. The highest BCUT2D eigenvalue weighted by Crippen LogP contribution is 2.33. The number of carbonyl (C=O) groups is 1. The third-order valence-electron chi connectivity index (χ3n) is 5.66. The minimum absolute atomic E-state index is 0.182. The lowest BCUT2D eigenvalue weighted by atomic mass is 10.1. The van der Waals surface area contributed by atoms with Gasteiger partial charge >= 0.3 is 0 Å². The van der Waals surface area contributed by atoms with Gasteiger partial charge in [0.2, 0.25) is 5.91 Å². The normalized spacial score (nSPS) is 20.2. The molecule has 0 spiro atoms. The largest absolute Gasteiger partial charge is 0.392 e. The Labute approximate surface area is 148 Å². The predicted molar refractivity (Wildman–Crippen MR) is 98.4 cm³/mol. The molecular formula is C20H27N3O2. The molecule has 2 aromatic rings. The number of aryl methyl sites for hydroxylation is 1. The summed E-state index contributed by atoms with van der Waals surface area (Å²) in [5.74, 6) is 0.727. The molecule has 4 rings (SSSR count). The fraction of sp³-hybridized carbons (Fsp3) is 0.550. The molecule has 1 saturated heterocycles. The van der Waals surface area contributed by atoms with Crippen LogP contribution in [-0.2, 0) is 18.3 Å². The van der Waals surface area contributed by atoms with E-state index in [0.717, 1.165) is 38.3 Å². The van der Waals surface area contributed by atoms with Gasteiger partial charge < -0.3 is 14.6 Å². The summed E-state index contributed by atoms with van der Waals surface area (Å²) in [4.78, 5) is 17.0. The summed E-state index contributed by atoms with van der Waals surface area (Å²) in [6, 6.07) is 8.24. The Hall–Kier alpha value is -1.85. The second-order valence-corrected chi connectivity index (χ2v) is 7.55. The molecule has 2 fully saturated rings. The van der Waals surface area contributed by atoms with Crippen molar-refractivity contribution < 1.29 is 9.90 Å². The highest BCUT2D eigenvalue weighted by molar-refractivity contribution is 5.89. The number of hydrogen-bond donors (Lipinski definition) is 1. The molecule has 1 saturated carbocycles. The summed E-state index contributed by atoms with van der Waals surface area (Å²) in [5.41, 5.74) is 2.28. The summed E-state index contributed by atoms with van der Waals surface area (Å²) in [7, 11) is 2.03. The van der Waals surface area contributed by atoms with Gasteiger partial charge in [0.15, 0.2) is 0 Å². The number of piperazine rings is 1. The SMILES string of the molecule is Cn1cc(CC(=O)N2CCN(C[C@@H](O)C3CC3)CC2)c2ccccc21. The van der Waals surface area contributed by atoms with Crippen LogP contribution in [0.25, 0.3) is 10.9 Å². The molecule has 1 aliphatic heterocycles. The van der Waals surface area contributed by atoms with E-state index in [2.05, 4.69) is 27.8 Å². The van der Waals surface area contributed by atoms with E-state index in [9.17, 15) is 9.90 Å². The zero-order valence-electron chi connectivity index (χ0n) is 14.9. The van der Waals surface area contributed by atoms with E-state index in [4.69, 9.17) is 0 Å². The third kappa shape index (κ3) is 3.58. The zero-order chi connectivity index (χ0) is 17.4. The molecule has 0 bridgehead atoms. The van der Waals surface area contributed by atoms with Crippen molar-refractivity contribution in [3.8, 4) is 0 Å². The summed E-state index contributed by atoms with van der Waals surface area (Å²) >= 11 is 0. The maximum absolute atomic E-state index is 12.7. The lowest BCUT2D eigenvalue weighted by Crippen LogP contribution is -2.51. The Kier molecular flexibility index (Phi) is 4.52. The van der Waals surface area contributed by atoms with Gasteiger partial charge in [-0.3, -0.25) is 9.69 Å². The number of benzene rings is 1. The number of nitrogens with zero attached hydrogens (tertiary/aromatic N) is 3. The van der Waals surface area contributed by atoms with E-state index in [0.29, 0.717) is 12.3 Å². The molecular weight excluding hydrogens is 314 g/mol. The third-order valence-corrected chi connectivity index (χ3v) is 5.66. The Bertz CT molecular complexity index is 757. The van der Waals surface area contributed by atoms with Gasteiger partial charge in [-0.25, -0.2) is 0 Å². The summed E-state index contributed by atoms with van der Waals surface area (Å²) in [6.07, 6.45) is 4.70. The highest BCUT2D eigenvalue weighted by Gasteiger charge is 2.32.